The van der Waals surface area contributed by atoms with E-state index in [1.165, 1.54) is 7.11 Å². The maximum atomic E-state index is 11.9. The first kappa shape index (κ1) is 16.4. The molecule has 0 aromatic heterocycles. The Morgan fingerprint density at radius 3 is 2.39 bits per heavy atom. The average Bonchev–Trinajstić information content (AvgIpc) is 2.58. The van der Waals surface area contributed by atoms with Crippen LogP contribution in [-0.2, 0) is 16.1 Å². The Morgan fingerprint density at radius 1 is 1.09 bits per heavy atom. The lowest BCUT2D eigenvalue weighted by atomic mass is 10.1. The van der Waals surface area contributed by atoms with Crippen LogP contribution in [0.4, 0.5) is 4.79 Å². The molecule has 2 aromatic rings. The molecule has 0 radical (unpaired) electrons. The van der Waals surface area contributed by atoms with Crippen LogP contribution >= 0.6 is 0 Å². The highest BCUT2D eigenvalue weighted by Crippen LogP contribution is 2.25. The molecule has 0 fully saturated rings. The van der Waals surface area contributed by atoms with Gasteiger partial charge in [0, 0.05) is 5.56 Å². The number of rotatable bonds is 6. The Balaban J connectivity index is 2.04. The van der Waals surface area contributed by atoms with E-state index in [0.29, 0.717) is 11.3 Å². The number of carboxylic acid groups (broad SMARTS) is 1. The molecule has 0 saturated heterocycles. The molecule has 2 aromatic carbocycles. The van der Waals surface area contributed by atoms with Gasteiger partial charge in [0.15, 0.2) is 6.04 Å². The molecule has 23 heavy (non-hydrogen) atoms. The van der Waals surface area contributed by atoms with E-state index in [-0.39, 0.29) is 6.61 Å². The molecule has 0 aliphatic rings. The lowest BCUT2D eigenvalue weighted by Crippen LogP contribution is -2.34. The van der Waals surface area contributed by atoms with Crippen LogP contribution in [0.25, 0.3) is 0 Å². The molecule has 0 saturated carbocycles. The van der Waals surface area contributed by atoms with Crippen molar-refractivity contribution in [3.05, 3.63) is 65.7 Å². The Hall–Kier alpha value is -3.02. The smallest absolute Gasteiger partial charge is 0.408 e. The Morgan fingerprint density at radius 2 is 1.74 bits per heavy atom. The van der Waals surface area contributed by atoms with Crippen LogP contribution < -0.4 is 10.1 Å². The first-order valence-corrected chi connectivity index (χ1v) is 6.94. The molecular weight excluding hydrogens is 298 g/mol. The average molecular weight is 315 g/mol. The van der Waals surface area contributed by atoms with Crippen molar-refractivity contribution >= 4 is 12.1 Å². The molecule has 2 N–H and O–H groups in total. The van der Waals surface area contributed by atoms with Crippen LogP contribution in [0.2, 0.25) is 0 Å². The minimum absolute atomic E-state index is 0.0605. The summed E-state index contributed by atoms with van der Waals surface area (Å²) in [7, 11) is 1.44. The number of hydrogen-bond donors (Lipinski definition) is 2. The summed E-state index contributed by atoms with van der Waals surface area (Å²) in [6.45, 7) is 0.0605. The van der Waals surface area contributed by atoms with Gasteiger partial charge >= 0.3 is 12.1 Å². The highest BCUT2D eigenvalue weighted by Gasteiger charge is 2.25. The molecule has 120 valence electrons. The third-order valence-corrected chi connectivity index (χ3v) is 3.17. The van der Waals surface area contributed by atoms with E-state index >= 15 is 0 Å². The van der Waals surface area contributed by atoms with Gasteiger partial charge in [-0.25, -0.2) is 9.59 Å². The summed E-state index contributed by atoms with van der Waals surface area (Å²) in [6.07, 6.45) is -0.813. The quantitative estimate of drug-likeness (QED) is 0.856. The summed E-state index contributed by atoms with van der Waals surface area (Å²) in [4.78, 5) is 23.3. The Bertz CT molecular complexity index is 672. The van der Waals surface area contributed by atoms with Crippen LogP contribution in [0.5, 0.6) is 5.75 Å². The van der Waals surface area contributed by atoms with Gasteiger partial charge in [0.05, 0.1) is 7.11 Å². The first-order valence-electron chi connectivity index (χ1n) is 6.94. The van der Waals surface area contributed by atoms with Crippen LogP contribution in [0.3, 0.4) is 0 Å². The highest BCUT2D eigenvalue weighted by molar-refractivity contribution is 5.82. The largest absolute Gasteiger partial charge is 0.496 e. The van der Waals surface area contributed by atoms with Crippen LogP contribution in [-0.4, -0.2) is 24.3 Å². The van der Waals surface area contributed by atoms with Crippen molar-refractivity contribution in [1.82, 2.24) is 5.32 Å². The van der Waals surface area contributed by atoms with E-state index in [4.69, 9.17) is 9.47 Å². The molecule has 0 bridgehead atoms. The fourth-order valence-electron chi connectivity index (χ4n) is 2.06. The SMILES string of the molecule is COc1ccccc1C(NC(=O)OCc1ccccc1)C(=O)O. The molecule has 0 aliphatic heterocycles. The van der Waals surface area contributed by atoms with Crippen LogP contribution in [0.15, 0.2) is 54.6 Å². The topological polar surface area (TPSA) is 84.9 Å². The third kappa shape index (κ3) is 4.47. The molecule has 1 unspecified atom stereocenters. The van der Waals surface area contributed by atoms with E-state index in [2.05, 4.69) is 5.32 Å². The molecule has 6 nitrogen and oxygen atoms in total. The van der Waals surface area contributed by atoms with Crippen LogP contribution in [0, 0.1) is 0 Å². The minimum atomic E-state index is -1.26. The predicted octanol–water partition coefficient (Wildman–Crippen LogP) is 2.75. The zero-order valence-corrected chi connectivity index (χ0v) is 12.6. The number of carbonyl (C=O) groups excluding carboxylic acids is 1. The van der Waals surface area contributed by atoms with E-state index < -0.39 is 18.1 Å². The molecule has 6 heteroatoms. The number of carboxylic acids is 1. The molecular formula is C17H17NO5. The second-order valence-electron chi connectivity index (χ2n) is 4.72. The van der Waals surface area contributed by atoms with Crippen molar-refractivity contribution in [3.8, 4) is 5.75 Å². The van der Waals surface area contributed by atoms with E-state index in [0.717, 1.165) is 5.56 Å². The standard InChI is InChI=1S/C17H17NO5/c1-22-14-10-6-5-9-13(14)15(16(19)20)18-17(21)23-11-12-7-3-2-4-8-12/h2-10,15H,11H2,1H3,(H,18,21)(H,19,20). The molecule has 2 rings (SSSR count). The molecule has 0 spiro atoms. The van der Waals surface area contributed by atoms with Crippen molar-refractivity contribution in [3.63, 3.8) is 0 Å². The summed E-state index contributed by atoms with van der Waals surface area (Å²) in [5.74, 6) is -0.825. The minimum Gasteiger partial charge on any atom is -0.496 e. The van der Waals surface area contributed by atoms with E-state index in [1.54, 1.807) is 24.3 Å². The number of aliphatic carboxylic acids is 1. The van der Waals surface area contributed by atoms with Crippen molar-refractivity contribution in [2.45, 2.75) is 12.6 Å². The number of ether oxygens (including phenoxy) is 2. The van der Waals surface area contributed by atoms with E-state index in [1.807, 2.05) is 30.3 Å². The molecule has 1 atom stereocenters. The van der Waals surface area contributed by atoms with Gasteiger partial charge in [0.1, 0.15) is 12.4 Å². The number of amides is 1. The van der Waals surface area contributed by atoms with Crippen molar-refractivity contribution in [2.75, 3.05) is 7.11 Å². The van der Waals surface area contributed by atoms with Gasteiger partial charge < -0.3 is 19.9 Å². The summed E-state index contributed by atoms with van der Waals surface area (Å²) in [5, 5.41) is 11.7. The second-order valence-corrected chi connectivity index (χ2v) is 4.72. The highest BCUT2D eigenvalue weighted by atomic mass is 16.5. The number of hydrogen-bond acceptors (Lipinski definition) is 4. The number of carbonyl (C=O) groups is 2. The number of benzene rings is 2. The predicted molar refractivity (Wildman–Crippen MR) is 83.1 cm³/mol. The van der Waals surface area contributed by atoms with Gasteiger partial charge in [-0.05, 0) is 11.6 Å². The number of nitrogens with one attached hydrogen (secondary N) is 1. The second kappa shape index (κ2) is 7.84. The molecule has 0 aliphatic carbocycles. The zero-order valence-electron chi connectivity index (χ0n) is 12.6. The van der Waals surface area contributed by atoms with Crippen molar-refractivity contribution in [2.24, 2.45) is 0 Å². The van der Waals surface area contributed by atoms with Gasteiger partial charge in [-0.3, -0.25) is 0 Å². The summed E-state index contributed by atoms with van der Waals surface area (Å²) in [6, 6.07) is 14.5. The lowest BCUT2D eigenvalue weighted by Gasteiger charge is -2.17. The fourth-order valence-corrected chi connectivity index (χ4v) is 2.06. The monoisotopic (exact) mass is 315 g/mol. The van der Waals surface area contributed by atoms with Gasteiger partial charge in [-0.15, -0.1) is 0 Å². The summed E-state index contributed by atoms with van der Waals surface area (Å²) in [5.41, 5.74) is 1.16. The van der Waals surface area contributed by atoms with Crippen molar-refractivity contribution in [1.29, 1.82) is 0 Å². The van der Waals surface area contributed by atoms with E-state index in [9.17, 15) is 14.7 Å². The Labute approximate surface area is 133 Å². The van der Waals surface area contributed by atoms with Crippen molar-refractivity contribution < 1.29 is 24.2 Å². The molecule has 1 amide bonds. The number of alkyl carbamates (subject to hydrolysis) is 1. The van der Waals surface area contributed by atoms with Gasteiger partial charge in [0.25, 0.3) is 0 Å². The van der Waals surface area contributed by atoms with Gasteiger partial charge in [-0.2, -0.15) is 0 Å². The summed E-state index contributed by atoms with van der Waals surface area (Å²) < 4.78 is 10.2. The summed E-state index contributed by atoms with van der Waals surface area (Å²) >= 11 is 0. The maximum Gasteiger partial charge on any atom is 0.408 e. The van der Waals surface area contributed by atoms with Gasteiger partial charge in [-0.1, -0.05) is 48.5 Å². The lowest BCUT2D eigenvalue weighted by molar-refractivity contribution is -0.139. The number of methoxy groups -OCH3 is 1. The van der Waals surface area contributed by atoms with Gasteiger partial charge in [0.2, 0.25) is 0 Å². The number of para-hydroxylation sites is 1. The van der Waals surface area contributed by atoms with Crippen LogP contribution in [0.1, 0.15) is 17.2 Å². The fraction of sp³-hybridized carbons (Fsp3) is 0.176. The third-order valence-electron chi connectivity index (χ3n) is 3.17. The maximum absolute atomic E-state index is 11.9. The first-order chi connectivity index (χ1) is 11.1. The Kier molecular flexibility index (Phi) is 5.57. The zero-order chi connectivity index (χ0) is 16.7. The normalized spacial score (nSPS) is 11.3. The molecule has 0 heterocycles.